The lowest BCUT2D eigenvalue weighted by molar-refractivity contribution is 0.548. The van der Waals surface area contributed by atoms with E-state index in [1.165, 1.54) is 0 Å². The molecule has 4 nitrogen and oxygen atoms in total. The summed E-state index contributed by atoms with van der Waals surface area (Å²) in [7, 11) is 0. The Morgan fingerprint density at radius 2 is 2.11 bits per heavy atom. The molecule has 2 aromatic rings. The van der Waals surface area contributed by atoms with Gasteiger partial charge >= 0.3 is 0 Å². The van der Waals surface area contributed by atoms with Gasteiger partial charge in [0.15, 0.2) is 0 Å². The first-order valence-electron chi connectivity index (χ1n) is 6.13. The van der Waals surface area contributed by atoms with Gasteiger partial charge in [0.25, 0.3) is 0 Å². The third kappa shape index (κ3) is 4.12. The summed E-state index contributed by atoms with van der Waals surface area (Å²) in [4.78, 5) is 0. The number of nitrogens with one attached hydrogen (secondary N) is 1. The van der Waals surface area contributed by atoms with Crippen LogP contribution in [0.4, 0.5) is 0 Å². The van der Waals surface area contributed by atoms with E-state index in [2.05, 4.69) is 61.3 Å². The summed E-state index contributed by atoms with van der Waals surface area (Å²) in [5, 5.41) is 11.7. The molecule has 0 amide bonds. The normalized spacial score (nSPS) is 11.2. The van der Waals surface area contributed by atoms with E-state index in [9.17, 15) is 0 Å². The van der Waals surface area contributed by atoms with Crippen LogP contribution >= 0.6 is 31.9 Å². The maximum absolute atomic E-state index is 4.17. The van der Waals surface area contributed by atoms with Crippen LogP contribution in [0.15, 0.2) is 33.3 Å². The third-order valence-electron chi connectivity index (χ3n) is 2.56. The highest BCUT2D eigenvalue weighted by molar-refractivity contribution is 9.11. The van der Waals surface area contributed by atoms with Crippen molar-refractivity contribution in [1.29, 1.82) is 0 Å². The molecule has 0 aliphatic rings. The van der Waals surface area contributed by atoms with Gasteiger partial charge in [-0.05, 0) is 46.6 Å². The molecule has 0 aliphatic carbocycles. The molecule has 19 heavy (non-hydrogen) atoms. The topological polar surface area (TPSA) is 42.7 Å². The van der Waals surface area contributed by atoms with Crippen molar-refractivity contribution in [3.63, 3.8) is 0 Å². The molecule has 0 saturated heterocycles. The van der Waals surface area contributed by atoms with Gasteiger partial charge in [0.1, 0.15) is 0 Å². The highest BCUT2D eigenvalue weighted by atomic mass is 79.9. The Bertz CT molecular complexity index is 551. The monoisotopic (exact) mass is 386 g/mol. The SMILES string of the molecule is CC(C)CNCc1cn(-c2ccc(Br)cc2Br)nn1. The zero-order valence-electron chi connectivity index (χ0n) is 10.9. The molecule has 0 atom stereocenters. The number of hydrogen-bond donors (Lipinski definition) is 1. The lowest BCUT2D eigenvalue weighted by Crippen LogP contribution is -2.19. The average molecular weight is 388 g/mol. The van der Waals surface area contributed by atoms with Crippen molar-refractivity contribution in [2.45, 2.75) is 20.4 Å². The highest BCUT2D eigenvalue weighted by Gasteiger charge is 2.06. The Kier molecular flexibility index (Phi) is 5.13. The predicted molar refractivity (Wildman–Crippen MR) is 83.3 cm³/mol. The summed E-state index contributed by atoms with van der Waals surface area (Å²) in [6.07, 6.45) is 1.95. The summed E-state index contributed by atoms with van der Waals surface area (Å²) in [6, 6.07) is 5.97. The number of rotatable bonds is 5. The maximum Gasteiger partial charge on any atom is 0.0969 e. The fraction of sp³-hybridized carbons (Fsp3) is 0.385. The molecule has 0 fully saturated rings. The number of halogens is 2. The highest BCUT2D eigenvalue weighted by Crippen LogP contribution is 2.24. The molecular formula is C13H16Br2N4. The minimum atomic E-state index is 0.635. The standard InChI is InChI=1S/C13H16Br2N4/c1-9(2)6-16-7-11-8-19(18-17-11)13-4-3-10(14)5-12(13)15/h3-5,8-9,16H,6-7H2,1-2H3. The van der Waals surface area contributed by atoms with Gasteiger partial charge in [-0.3, -0.25) is 0 Å². The quantitative estimate of drug-likeness (QED) is 0.853. The largest absolute Gasteiger partial charge is 0.311 e. The summed E-state index contributed by atoms with van der Waals surface area (Å²) >= 11 is 6.97. The van der Waals surface area contributed by atoms with Crippen molar-refractivity contribution in [3.8, 4) is 5.69 Å². The van der Waals surface area contributed by atoms with Gasteiger partial charge < -0.3 is 5.32 Å². The summed E-state index contributed by atoms with van der Waals surface area (Å²) in [5.74, 6) is 0.635. The van der Waals surface area contributed by atoms with Crippen LogP contribution in [0.2, 0.25) is 0 Å². The van der Waals surface area contributed by atoms with Gasteiger partial charge in [-0.15, -0.1) is 5.10 Å². The fourth-order valence-corrected chi connectivity index (χ4v) is 2.88. The van der Waals surface area contributed by atoms with Gasteiger partial charge in [0, 0.05) is 15.5 Å². The number of hydrogen-bond acceptors (Lipinski definition) is 3. The van der Waals surface area contributed by atoms with Crippen molar-refractivity contribution in [3.05, 3.63) is 39.0 Å². The molecule has 0 spiro atoms. The smallest absolute Gasteiger partial charge is 0.0969 e. The van der Waals surface area contributed by atoms with Crippen LogP contribution in [-0.4, -0.2) is 21.5 Å². The molecule has 0 unspecified atom stereocenters. The number of nitrogens with zero attached hydrogens (tertiary/aromatic N) is 3. The van der Waals surface area contributed by atoms with Gasteiger partial charge in [-0.1, -0.05) is 35.0 Å². The van der Waals surface area contributed by atoms with Crippen molar-refractivity contribution in [2.75, 3.05) is 6.54 Å². The van der Waals surface area contributed by atoms with E-state index in [0.717, 1.165) is 33.4 Å². The lowest BCUT2D eigenvalue weighted by Gasteiger charge is -2.05. The van der Waals surface area contributed by atoms with Crippen LogP contribution in [0.5, 0.6) is 0 Å². The second kappa shape index (κ2) is 6.63. The lowest BCUT2D eigenvalue weighted by atomic mass is 10.2. The second-order valence-corrected chi connectivity index (χ2v) is 6.54. The summed E-state index contributed by atoms with van der Waals surface area (Å²) in [5.41, 5.74) is 1.92. The van der Waals surface area contributed by atoms with Crippen molar-refractivity contribution in [2.24, 2.45) is 5.92 Å². The molecule has 102 valence electrons. The first-order valence-corrected chi connectivity index (χ1v) is 7.72. The van der Waals surface area contributed by atoms with E-state index in [-0.39, 0.29) is 0 Å². The second-order valence-electron chi connectivity index (χ2n) is 4.77. The minimum absolute atomic E-state index is 0.635. The molecule has 1 N–H and O–H groups in total. The van der Waals surface area contributed by atoms with Crippen molar-refractivity contribution in [1.82, 2.24) is 20.3 Å². The van der Waals surface area contributed by atoms with Crippen molar-refractivity contribution < 1.29 is 0 Å². The van der Waals surface area contributed by atoms with E-state index in [1.807, 2.05) is 24.4 Å². The van der Waals surface area contributed by atoms with Crippen LogP contribution in [0, 0.1) is 5.92 Å². The van der Waals surface area contributed by atoms with E-state index < -0.39 is 0 Å². The number of aromatic nitrogens is 3. The first kappa shape index (κ1) is 14.7. The average Bonchev–Trinajstić information content (AvgIpc) is 2.77. The van der Waals surface area contributed by atoms with E-state index in [4.69, 9.17) is 0 Å². The maximum atomic E-state index is 4.17. The van der Waals surface area contributed by atoms with Crippen LogP contribution < -0.4 is 5.32 Å². The Morgan fingerprint density at radius 1 is 1.32 bits per heavy atom. The van der Waals surface area contributed by atoms with Gasteiger partial charge in [-0.25, -0.2) is 4.68 Å². The van der Waals surface area contributed by atoms with Crippen LogP contribution in [-0.2, 0) is 6.54 Å². The van der Waals surface area contributed by atoms with Gasteiger partial charge in [-0.2, -0.15) is 0 Å². The molecule has 0 saturated carbocycles. The van der Waals surface area contributed by atoms with E-state index in [1.54, 1.807) is 4.68 Å². The van der Waals surface area contributed by atoms with Gasteiger partial charge in [0.05, 0.1) is 17.6 Å². The molecule has 1 aromatic heterocycles. The summed E-state index contributed by atoms with van der Waals surface area (Å²) < 4.78 is 3.79. The molecule has 0 aliphatic heterocycles. The Balaban J connectivity index is 2.08. The number of benzene rings is 1. The molecule has 1 aromatic carbocycles. The molecule has 0 radical (unpaired) electrons. The molecular weight excluding hydrogens is 372 g/mol. The molecule has 6 heteroatoms. The first-order chi connectivity index (χ1) is 9.06. The third-order valence-corrected chi connectivity index (χ3v) is 3.68. The molecule has 0 bridgehead atoms. The van der Waals surface area contributed by atoms with Gasteiger partial charge in [0.2, 0.25) is 0 Å². The summed E-state index contributed by atoms with van der Waals surface area (Å²) in [6.45, 7) is 6.09. The van der Waals surface area contributed by atoms with Crippen LogP contribution in [0.3, 0.4) is 0 Å². The zero-order chi connectivity index (χ0) is 13.8. The molecule has 2 rings (SSSR count). The van der Waals surface area contributed by atoms with E-state index in [0.29, 0.717) is 5.92 Å². The Hall–Kier alpha value is -0.720. The zero-order valence-corrected chi connectivity index (χ0v) is 14.1. The van der Waals surface area contributed by atoms with E-state index >= 15 is 0 Å². The Labute approximate surface area is 129 Å². The fourth-order valence-electron chi connectivity index (χ4n) is 1.65. The van der Waals surface area contributed by atoms with Crippen LogP contribution in [0.1, 0.15) is 19.5 Å². The van der Waals surface area contributed by atoms with Crippen LogP contribution in [0.25, 0.3) is 5.69 Å². The Morgan fingerprint density at radius 3 is 2.79 bits per heavy atom. The van der Waals surface area contributed by atoms with Crippen molar-refractivity contribution >= 4 is 31.9 Å². The minimum Gasteiger partial charge on any atom is -0.311 e. The predicted octanol–water partition coefficient (Wildman–Crippen LogP) is 3.54. The molecule has 1 heterocycles.